The first kappa shape index (κ1) is 14.2. The summed E-state index contributed by atoms with van der Waals surface area (Å²) in [6.45, 7) is 7.36. The van der Waals surface area contributed by atoms with Crippen LogP contribution in [-0.2, 0) is 16.9 Å². The minimum atomic E-state index is -0.325. The Morgan fingerprint density at radius 3 is 2.53 bits per heavy atom. The van der Waals surface area contributed by atoms with Crippen LogP contribution in [0.15, 0.2) is 29.6 Å². The summed E-state index contributed by atoms with van der Waals surface area (Å²) in [5.74, 6) is 0. The van der Waals surface area contributed by atoms with Crippen molar-refractivity contribution in [1.82, 2.24) is 4.98 Å². The van der Waals surface area contributed by atoms with Gasteiger partial charge in [0.25, 0.3) is 0 Å². The fraction of sp³-hybridized carbons (Fsp3) is 0.400. The molecule has 1 heterocycles. The topological polar surface area (TPSA) is 48.1 Å². The van der Waals surface area contributed by atoms with Crippen molar-refractivity contribution in [2.45, 2.75) is 32.9 Å². The van der Waals surface area contributed by atoms with Crippen LogP contribution in [0.4, 0.5) is 0 Å². The molecule has 0 aliphatic carbocycles. The van der Waals surface area contributed by atoms with E-state index in [-0.39, 0.29) is 5.60 Å². The van der Waals surface area contributed by atoms with Gasteiger partial charge < -0.3 is 10.5 Å². The van der Waals surface area contributed by atoms with E-state index in [0.29, 0.717) is 13.2 Å². The molecule has 0 unspecified atom stereocenters. The second kappa shape index (κ2) is 5.82. The Morgan fingerprint density at radius 1 is 1.26 bits per heavy atom. The molecule has 0 fully saturated rings. The van der Waals surface area contributed by atoms with Gasteiger partial charge in [-0.05, 0) is 26.3 Å². The quantitative estimate of drug-likeness (QED) is 0.908. The van der Waals surface area contributed by atoms with Gasteiger partial charge in [-0.25, -0.2) is 4.98 Å². The Hall–Kier alpha value is -1.23. The molecule has 0 atom stereocenters. The fourth-order valence-corrected chi connectivity index (χ4v) is 2.82. The number of rotatable bonds is 5. The number of nitrogens with zero attached hydrogens (tertiary/aromatic N) is 1. The van der Waals surface area contributed by atoms with Crippen molar-refractivity contribution >= 4 is 11.3 Å². The van der Waals surface area contributed by atoms with E-state index in [1.807, 2.05) is 19.1 Å². The van der Waals surface area contributed by atoms with Crippen LogP contribution in [0.2, 0.25) is 0 Å². The molecular weight excluding hydrogens is 256 g/mol. The number of aromatic nitrogens is 1. The minimum absolute atomic E-state index is 0.325. The second-order valence-corrected chi connectivity index (χ2v) is 5.74. The van der Waals surface area contributed by atoms with Crippen LogP contribution in [0, 0.1) is 0 Å². The molecule has 0 amide bonds. The van der Waals surface area contributed by atoms with Crippen LogP contribution < -0.4 is 5.73 Å². The normalized spacial score (nSPS) is 11.8. The highest BCUT2D eigenvalue weighted by Gasteiger charge is 2.24. The van der Waals surface area contributed by atoms with Crippen LogP contribution in [0.3, 0.4) is 0 Å². The maximum absolute atomic E-state index is 5.73. The molecular formula is C15H20N2OS. The monoisotopic (exact) mass is 276 g/mol. The summed E-state index contributed by atoms with van der Waals surface area (Å²) in [6.07, 6.45) is 0. The summed E-state index contributed by atoms with van der Waals surface area (Å²) in [5.41, 5.74) is 8.53. The zero-order chi connectivity index (χ0) is 13.9. The summed E-state index contributed by atoms with van der Waals surface area (Å²) in [7, 11) is 0. The SMILES string of the molecule is CCOC(C)(C)c1nc(-c2ccc(CN)cc2)cs1. The third kappa shape index (κ3) is 3.21. The van der Waals surface area contributed by atoms with Crippen molar-refractivity contribution in [2.75, 3.05) is 6.61 Å². The first-order valence-corrected chi connectivity index (χ1v) is 7.34. The third-order valence-electron chi connectivity index (χ3n) is 3.01. The van der Waals surface area contributed by atoms with E-state index in [4.69, 9.17) is 10.5 Å². The van der Waals surface area contributed by atoms with Crippen LogP contribution in [0.25, 0.3) is 11.3 Å². The van der Waals surface area contributed by atoms with Crippen molar-refractivity contribution in [1.29, 1.82) is 0 Å². The predicted octanol–water partition coefficient (Wildman–Crippen LogP) is 3.54. The van der Waals surface area contributed by atoms with Gasteiger partial charge in [0.1, 0.15) is 10.6 Å². The number of ether oxygens (including phenoxy) is 1. The van der Waals surface area contributed by atoms with Gasteiger partial charge in [-0.15, -0.1) is 11.3 Å². The molecule has 19 heavy (non-hydrogen) atoms. The van der Waals surface area contributed by atoms with E-state index in [2.05, 4.69) is 36.3 Å². The Balaban J connectivity index is 2.25. The van der Waals surface area contributed by atoms with Crippen LogP contribution in [0.5, 0.6) is 0 Å². The first-order chi connectivity index (χ1) is 9.06. The molecule has 0 radical (unpaired) electrons. The largest absolute Gasteiger partial charge is 0.369 e. The standard InChI is InChI=1S/C15H20N2OS/c1-4-18-15(2,3)14-17-13(10-19-14)12-7-5-11(9-16)6-8-12/h5-8,10H,4,9,16H2,1-3H3. The lowest BCUT2D eigenvalue weighted by Gasteiger charge is -2.21. The molecule has 0 saturated heterocycles. The zero-order valence-corrected chi connectivity index (χ0v) is 12.5. The van der Waals surface area contributed by atoms with Crippen LogP contribution in [-0.4, -0.2) is 11.6 Å². The summed E-state index contributed by atoms with van der Waals surface area (Å²) >= 11 is 1.64. The Morgan fingerprint density at radius 2 is 1.95 bits per heavy atom. The second-order valence-electron chi connectivity index (χ2n) is 4.88. The van der Waals surface area contributed by atoms with Crippen molar-refractivity contribution in [3.8, 4) is 11.3 Å². The maximum Gasteiger partial charge on any atom is 0.125 e. The minimum Gasteiger partial charge on any atom is -0.369 e. The number of nitrogens with two attached hydrogens (primary N) is 1. The molecule has 1 aromatic carbocycles. The van der Waals surface area contributed by atoms with Gasteiger partial charge in [0.2, 0.25) is 0 Å². The number of hydrogen-bond donors (Lipinski definition) is 1. The number of hydrogen-bond acceptors (Lipinski definition) is 4. The Labute approximate surface area is 118 Å². The van der Waals surface area contributed by atoms with E-state index < -0.39 is 0 Å². The smallest absolute Gasteiger partial charge is 0.125 e. The van der Waals surface area contributed by atoms with Gasteiger partial charge in [-0.2, -0.15) is 0 Å². The average molecular weight is 276 g/mol. The first-order valence-electron chi connectivity index (χ1n) is 6.46. The molecule has 0 aliphatic rings. The molecule has 4 heteroatoms. The van der Waals surface area contributed by atoms with Crippen molar-refractivity contribution in [2.24, 2.45) is 5.73 Å². The van der Waals surface area contributed by atoms with Crippen molar-refractivity contribution < 1.29 is 4.74 Å². The molecule has 3 nitrogen and oxygen atoms in total. The molecule has 2 rings (SSSR count). The molecule has 102 valence electrons. The lowest BCUT2D eigenvalue weighted by Crippen LogP contribution is -2.21. The lowest BCUT2D eigenvalue weighted by molar-refractivity contribution is -0.0141. The van der Waals surface area contributed by atoms with Gasteiger partial charge in [-0.1, -0.05) is 24.3 Å². The average Bonchev–Trinajstić information content (AvgIpc) is 2.89. The van der Waals surface area contributed by atoms with E-state index in [9.17, 15) is 0 Å². The van der Waals surface area contributed by atoms with Crippen LogP contribution in [0.1, 0.15) is 31.3 Å². The molecule has 0 bridgehead atoms. The third-order valence-corrected chi connectivity index (χ3v) is 4.16. The summed E-state index contributed by atoms with van der Waals surface area (Å²) in [5, 5.41) is 3.08. The summed E-state index contributed by atoms with van der Waals surface area (Å²) < 4.78 is 5.73. The zero-order valence-electron chi connectivity index (χ0n) is 11.6. The molecule has 2 N–H and O–H groups in total. The predicted molar refractivity (Wildman–Crippen MR) is 80.1 cm³/mol. The summed E-state index contributed by atoms with van der Waals surface area (Å²) in [6, 6.07) is 8.22. The Kier molecular flexibility index (Phi) is 4.34. The van der Waals surface area contributed by atoms with Gasteiger partial charge in [0.15, 0.2) is 0 Å². The van der Waals surface area contributed by atoms with Crippen molar-refractivity contribution in [3.05, 3.63) is 40.2 Å². The van der Waals surface area contributed by atoms with E-state index in [1.165, 1.54) is 0 Å². The van der Waals surface area contributed by atoms with Gasteiger partial charge >= 0.3 is 0 Å². The van der Waals surface area contributed by atoms with E-state index in [1.54, 1.807) is 11.3 Å². The van der Waals surface area contributed by atoms with Gasteiger partial charge in [-0.3, -0.25) is 0 Å². The van der Waals surface area contributed by atoms with Gasteiger partial charge in [0, 0.05) is 24.1 Å². The van der Waals surface area contributed by atoms with Crippen LogP contribution >= 0.6 is 11.3 Å². The molecule has 0 aliphatic heterocycles. The maximum atomic E-state index is 5.73. The lowest BCUT2D eigenvalue weighted by atomic mass is 10.1. The summed E-state index contributed by atoms with van der Waals surface area (Å²) in [4.78, 5) is 4.69. The Bertz CT molecular complexity index is 531. The number of thiazole rings is 1. The highest BCUT2D eigenvalue weighted by molar-refractivity contribution is 7.10. The van der Waals surface area contributed by atoms with Gasteiger partial charge in [0.05, 0.1) is 5.69 Å². The van der Waals surface area contributed by atoms with E-state index >= 15 is 0 Å². The molecule has 2 aromatic rings. The number of benzene rings is 1. The fourth-order valence-electron chi connectivity index (χ4n) is 1.92. The van der Waals surface area contributed by atoms with E-state index in [0.717, 1.165) is 21.8 Å². The molecule has 0 spiro atoms. The highest BCUT2D eigenvalue weighted by Crippen LogP contribution is 2.31. The van der Waals surface area contributed by atoms with Crippen molar-refractivity contribution in [3.63, 3.8) is 0 Å². The molecule has 1 aromatic heterocycles. The highest BCUT2D eigenvalue weighted by atomic mass is 32.1. The molecule has 0 saturated carbocycles.